The fourth-order valence-electron chi connectivity index (χ4n) is 2.26. The van der Waals surface area contributed by atoms with E-state index >= 15 is 0 Å². The van der Waals surface area contributed by atoms with Crippen molar-refractivity contribution in [2.75, 3.05) is 6.54 Å². The SMILES string of the molecule is Cc1ccc(S(=O)(=O)[C@H](CN)c2ccccc2C)cc1. The third-order valence-electron chi connectivity index (χ3n) is 3.47. The summed E-state index contributed by atoms with van der Waals surface area (Å²) in [5.74, 6) is 0. The maximum Gasteiger partial charge on any atom is 0.186 e. The van der Waals surface area contributed by atoms with Crippen LogP contribution < -0.4 is 5.73 Å². The summed E-state index contributed by atoms with van der Waals surface area (Å²) in [7, 11) is -3.47. The molecule has 1 atom stereocenters. The second kappa shape index (κ2) is 5.77. The summed E-state index contributed by atoms with van der Waals surface area (Å²) in [5, 5.41) is -0.702. The van der Waals surface area contributed by atoms with Crippen LogP contribution in [0.2, 0.25) is 0 Å². The van der Waals surface area contributed by atoms with Crippen molar-refractivity contribution in [3.63, 3.8) is 0 Å². The molecular weight excluding hydrogens is 270 g/mol. The van der Waals surface area contributed by atoms with Crippen LogP contribution in [0.4, 0.5) is 0 Å². The molecule has 2 aromatic rings. The van der Waals surface area contributed by atoms with Crippen molar-refractivity contribution in [3.05, 3.63) is 65.2 Å². The van der Waals surface area contributed by atoms with Crippen LogP contribution in [0.5, 0.6) is 0 Å². The lowest BCUT2D eigenvalue weighted by Crippen LogP contribution is -2.23. The molecule has 0 saturated carbocycles. The van der Waals surface area contributed by atoms with E-state index in [1.54, 1.807) is 24.3 Å². The van der Waals surface area contributed by atoms with Crippen LogP contribution in [0.1, 0.15) is 21.9 Å². The Hall–Kier alpha value is -1.65. The first kappa shape index (κ1) is 14.8. The summed E-state index contributed by atoms with van der Waals surface area (Å²) in [6.45, 7) is 3.90. The highest BCUT2D eigenvalue weighted by Crippen LogP contribution is 2.30. The number of aryl methyl sites for hydroxylation is 2. The van der Waals surface area contributed by atoms with Gasteiger partial charge in [-0.15, -0.1) is 0 Å². The van der Waals surface area contributed by atoms with Gasteiger partial charge in [0, 0.05) is 6.54 Å². The average molecular weight is 289 g/mol. The fourth-order valence-corrected chi connectivity index (χ4v) is 3.96. The third-order valence-corrected chi connectivity index (χ3v) is 5.60. The van der Waals surface area contributed by atoms with Crippen molar-refractivity contribution >= 4 is 9.84 Å². The molecule has 4 heteroatoms. The summed E-state index contributed by atoms with van der Waals surface area (Å²) in [5.41, 5.74) is 8.50. The van der Waals surface area contributed by atoms with E-state index in [9.17, 15) is 8.42 Å². The van der Waals surface area contributed by atoms with Gasteiger partial charge in [-0.2, -0.15) is 0 Å². The Morgan fingerprint density at radius 2 is 1.60 bits per heavy atom. The number of rotatable bonds is 4. The molecule has 0 saturated heterocycles. The highest BCUT2D eigenvalue weighted by atomic mass is 32.2. The maximum atomic E-state index is 12.7. The standard InChI is InChI=1S/C16H19NO2S/c1-12-7-9-14(10-8-12)20(18,19)16(11-17)15-6-4-3-5-13(15)2/h3-10,16H,11,17H2,1-2H3/t16-/m1/s1. The molecule has 0 bridgehead atoms. The van der Waals surface area contributed by atoms with E-state index in [0.29, 0.717) is 4.90 Å². The molecule has 2 N–H and O–H groups in total. The van der Waals surface area contributed by atoms with Gasteiger partial charge in [0.05, 0.1) is 4.90 Å². The minimum absolute atomic E-state index is 0.0705. The van der Waals surface area contributed by atoms with E-state index in [4.69, 9.17) is 5.73 Å². The minimum Gasteiger partial charge on any atom is -0.329 e. The van der Waals surface area contributed by atoms with Crippen molar-refractivity contribution in [1.82, 2.24) is 0 Å². The average Bonchev–Trinajstić information content (AvgIpc) is 2.42. The third kappa shape index (κ3) is 2.76. The van der Waals surface area contributed by atoms with Gasteiger partial charge in [0.1, 0.15) is 5.25 Å². The molecule has 0 aliphatic carbocycles. The second-order valence-electron chi connectivity index (χ2n) is 4.94. The van der Waals surface area contributed by atoms with Crippen LogP contribution in [0.3, 0.4) is 0 Å². The molecule has 0 fully saturated rings. The lowest BCUT2D eigenvalue weighted by atomic mass is 10.1. The molecule has 2 rings (SSSR count). The van der Waals surface area contributed by atoms with Crippen LogP contribution in [0.25, 0.3) is 0 Å². The van der Waals surface area contributed by atoms with Crippen molar-refractivity contribution in [3.8, 4) is 0 Å². The maximum absolute atomic E-state index is 12.7. The van der Waals surface area contributed by atoms with Gasteiger partial charge in [-0.25, -0.2) is 8.42 Å². The highest BCUT2D eigenvalue weighted by molar-refractivity contribution is 7.91. The zero-order valence-corrected chi connectivity index (χ0v) is 12.5. The molecule has 3 nitrogen and oxygen atoms in total. The normalized spacial score (nSPS) is 13.2. The zero-order chi connectivity index (χ0) is 14.8. The van der Waals surface area contributed by atoms with Crippen LogP contribution in [0, 0.1) is 13.8 Å². The Labute approximate surface area is 120 Å². The predicted octanol–water partition coefficient (Wildman–Crippen LogP) is 2.78. The van der Waals surface area contributed by atoms with Crippen molar-refractivity contribution in [2.24, 2.45) is 5.73 Å². The predicted molar refractivity (Wildman–Crippen MR) is 81.3 cm³/mol. The molecular formula is C16H19NO2S. The molecule has 20 heavy (non-hydrogen) atoms. The molecule has 2 aromatic carbocycles. The lowest BCUT2D eigenvalue weighted by Gasteiger charge is -2.18. The molecule has 0 radical (unpaired) electrons. The molecule has 106 valence electrons. The van der Waals surface area contributed by atoms with Crippen LogP contribution >= 0.6 is 0 Å². The lowest BCUT2D eigenvalue weighted by molar-refractivity contribution is 0.582. The first-order chi connectivity index (χ1) is 9.46. The van der Waals surface area contributed by atoms with E-state index in [1.807, 2.05) is 38.1 Å². The van der Waals surface area contributed by atoms with Crippen LogP contribution in [0.15, 0.2) is 53.4 Å². The van der Waals surface area contributed by atoms with Gasteiger partial charge in [0.15, 0.2) is 9.84 Å². The molecule has 0 aliphatic heterocycles. The zero-order valence-electron chi connectivity index (χ0n) is 11.7. The molecule has 0 heterocycles. The second-order valence-corrected chi connectivity index (χ2v) is 7.07. The van der Waals surface area contributed by atoms with Crippen LogP contribution in [-0.4, -0.2) is 15.0 Å². The van der Waals surface area contributed by atoms with Gasteiger partial charge >= 0.3 is 0 Å². The van der Waals surface area contributed by atoms with E-state index in [-0.39, 0.29) is 6.54 Å². The Kier molecular flexibility index (Phi) is 4.26. The fraction of sp³-hybridized carbons (Fsp3) is 0.250. The van der Waals surface area contributed by atoms with Gasteiger partial charge in [-0.1, -0.05) is 42.0 Å². The summed E-state index contributed by atoms with van der Waals surface area (Å²) in [6, 6.07) is 14.4. The number of sulfone groups is 1. The van der Waals surface area contributed by atoms with Crippen LogP contribution in [-0.2, 0) is 9.84 Å². The highest BCUT2D eigenvalue weighted by Gasteiger charge is 2.28. The monoisotopic (exact) mass is 289 g/mol. The summed E-state index contributed by atoms with van der Waals surface area (Å²) in [6.07, 6.45) is 0. The molecule has 0 unspecified atom stereocenters. The Balaban J connectivity index is 2.51. The van der Waals surface area contributed by atoms with E-state index in [1.165, 1.54) is 0 Å². The summed E-state index contributed by atoms with van der Waals surface area (Å²) < 4.78 is 25.5. The quantitative estimate of drug-likeness (QED) is 0.941. The molecule has 0 amide bonds. The summed E-state index contributed by atoms with van der Waals surface area (Å²) in [4.78, 5) is 0.321. The Bertz CT molecular complexity index is 691. The van der Waals surface area contributed by atoms with Gasteiger partial charge in [-0.3, -0.25) is 0 Å². The largest absolute Gasteiger partial charge is 0.329 e. The van der Waals surface area contributed by atoms with E-state index < -0.39 is 15.1 Å². The molecule has 0 spiro atoms. The van der Waals surface area contributed by atoms with E-state index in [2.05, 4.69) is 0 Å². The first-order valence-electron chi connectivity index (χ1n) is 6.53. The smallest absolute Gasteiger partial charge is 0.186 e. The Morgan fingerprint density at radius 3 is 2.15 bits per heavy atom. The van der Waals surface area contributed by atoms with E-state index in [0.717, 1.165) is 16.7 Å². The van der Waals surface area contributed by atoms with Gasteiger partial charge in [-0.05, 0) is 37.1 Å². The number of hydrogen-bond acceptors (Lipinski definition) is 3. The minimum atomic E-state index is -3.47. The van der Waals surface area contributed by atoms with Crippen molar-refractivity contribution in [2.45, 2.75) is 24.0 Å². The molecule has 0 aromatic heterocycles. The topological polar surface area (TPSA) is 60.2 Å². The number of nitrogens with two attached hydrogens (primary N) is 1. The van der Waals surface area contributed by atoms with Crippen molar-refractivity contribution < 1.29 is 8.42 Å². The Morgan fingerprint density at radius 1 is 1.00 bits per heavy atom. The summed E-state index contributed by atoms with van der Waals surface area (Å²) >= 11 is 0. The van der Waals surface area contributed by atoms with Crippen molar-refractivity contribution in [1.29, 1.82) is 0 Å². The number of benzene rings is 2. The van der Waals surface area contributed by atoms with Gasteiger partial charge < -0.3 is 5.73 Å². The van der Waals surface area contributed by atoms with Gasteiger partial charge in [0.2, 0.25) is 0 Å². The molecule has 0 aliphatic rings. The first-order valence-corrected chi connectivity index (χ1v) is 8.07. The van der Waals surface area contributed by atoms with Gasteiger partial charge in [0.25, 0.3) is 0 Å². The number of hydrogen-bond donors (Lipinski definition) is 1.